The first-order valence-electron chi connectivity index (χ1n) is 6.20. The third kappa shape index (κ3) is 3.96. The number of carbonyl (C=O) groups excluding carboxylic acids is 1. The number of hydrogen-bond acceptors (Lipinski definition) is 4. The van der Waals surface area contributed by atoms with E-state index in [1.54, 1.807) is 4.90 Å². The Hall–Kier alpha value is 0.424. The summed E-state index contributed by atoms with van der Waals surface area (Å²) in [6.45, 7) is 8.58. The van der Waals surface area contributed by atoms with Crippen LogP contribution in [0.25, 0.3) is 0 Å². The van der Waals surface area contributed by atoms with E-state index in [4.69, 9.17) is 0 Å². The maximum atomic E-state index is 10.6. The van der Waals surface area contributed by atoms with E-state index in [-0.39, 0.29) is 38.8 Å². The Morgan fingerprint density at radius 1 is 1.33 bits per heavy atom. The van der Waals surface area contributed by atoms with E-state index >= 15 is 0 Å². The number of nitrogens with one attached hydrogen (secondary N) is 1. The summed E-state index contributed by atoms with van der Waals surface area (Å²) in [6, 6.07) is 0.282. The van der Waals surface area contributed by atoms with Gasteiger partial charge in [0.25, 0.3) is 0 Å². The topological polar surface area (TPSA) is 35.6 Å². The molecule has 0 aromatic carbocycles. The number of rotatable bonds is 3. The van der Waals surface area contributed by atoms with Crippen LogP contribution >= 0.6 is 12.6 Å². The second-order valence-corrected chi connectivity index (χ2v) is 5.36. The molecule has 2 aliphatic heterocycles. The van der Waals surface area contributed by atoms with Crippen LogP contribution in [0.15, 0.2) is 12.3 Å². The molecule has 0 saturated carbocycles. The normalized spacial score (nSPS) is 28.5. The predicted molar refractivity (Wildman–Crippen MR) is 71.8 cm³/mol. The van der Waals surface area contributed by atoms with Crippen molar-refractivity contribution in [1.82, 2.24) is 15.1 Å². The Kier molecular flexibility index (Phi) is 7.21. The molecule has 0 aromatic heterocycles. The molecule has 99 valence electrons. The van der Waals surface area contributed by atoms with E-state index in [0.29, 0.717) is 5.25 Å². The Balaban J connectivity index is 0.00000162. The van der Waals surface area contributed by atoms with Crippen LogP contribution in [0.2, 0.25) is 0 Å². The Morgan fingerprint density at radius 3 is 2.72 bits per heavy atom. The minimum atomic E-state index is 0. The van der Waals surface area contributed by atoms with E-state index in [1.807, 2.05) is 6.41 Å². The third-order valence-corrected chi connectivity index (χ3v) is 4.14. The molecule has 2 saturated heterocycles. The zero-order valence-electron chi connectivity index (χ0n) is 10.6. The van der Waals surface area contributed by atoms with Crippen molar-refractivity contribution in [2.24, 2.45) is 0 Å². The maximum Gasteiger partial charge on any atom is 0.0583 e. The fourth-order valence-corrected chi connectivity index (χ4v) is 2.93. The van der Waals surface area contributed by atoms with Crippen molar-refractivity contribution in [3.8, 4) is 0 Å². The first-order chi connectivity index (χ1) is 8.22. The standard InChI is InChI=1S/C12H20N3OS.Y/c1-10(12-11(17)3-4-13-12)15-6-2-5-14(9-16)7-8-15;/h11-13,17H,1-8H2;/q-1;. The average molecular weight is 343 g/mol. The minimum absolute atomic E-state index is 0. The fourth-order valence-electron chi connectivity index (χ4n) is 2.52. The van der Waals surface area contributed by atoms with Gasteiger partial charge in [0.15, 0.2) is 0 Å². The molecular formula is C12H20N3OSY-. The zero-order valence-corrected chi connectivity index (χ0v) is 14.4. The summed E-state index contributed by atoms with van der Waals surface area (Å²) in [6.07, 6.45) is 4.05. The van der Waals surface area contributed by atoms with E-state index in [2.05, 4.69) is 29.4 Å². The molecule has 2 unspecified atom stereocenters. The summed E-state index contributed by atoms with van der Waals surface area (Å²) < 4.78 is 0. The molecule has 0 aliphatic carbocycles. The third-order valence-electron chi connectivity index (χ3n) is 3.58. The van der Waals surface area contributed by atoms with Gasteiger partial charge in [-0.1, -0.05) is 6.58 Å². The van der Waals surface area contributed by atoms with E-state index in [1.165, 1.54) is 0 Å². The first-order valence-corrected chi connectivity index (χ1v) is 6.72. The van der Waals surface area contributed by atoms with E-state index < -0.39 is 0 Å². The van der Waals surface area contributed by atoms with Gasteiger partial charge in [0.1, 0.15) is 0 Å². The van der Waals surface area contributed by atoms with Gasteiger partial charge in [-0.2, -0.15) is 19.0 Å². The second-order valence-electron chi connectivity index (χ2n) is 4.70. The largest absolute Gasteiger partial charge is 0.520 e. The Morgan fingerprint density at radius 2 is 2.11 bits per heavy atom. The van der Waals surface area contributed by atoms with Crippen LogP contribution in [0.3, 0.4) is 0 Å². The SMILES string of the molecule is C=C(C1NCCC1S)N1CCCN([C-]=O)CC1.[Y]. The quantitative estimate of drug-likeness (QED) is 0.569. The second kappa shape index (κ2) is 7.88. The van der Waals surface area contributed by atoms with Crippen LogP contribution in [0, 0.1) is 0 Å². The van der Waals surface area contributed by atoms with E-state index in [9.17, 15) is 4.79 Å². The summed E-state index contributed by atoms with van der Waals surface area (Å²) in [5.74, 6) is 0. The summed E-state index contributed by atoms with van der Waals surface area (Å²) in [5.41, 5.74) is 1.12. The van der Waals surface area contributed by atoms with Crippen molar-refractivity contribution in [2.75, 3.05) is 32.7 Å². The zero-order chi connectivity index (χ0) is 12.3. The van der Waals surface area contributed by atoms with Gasteiger partial charge in [-0.05, 0) is 25.9 Å². The molecule has 0 spiro atoms. The molecule has 2 heterocycles. The van der Waals surface area contributed by atoms with Crippen molar-refractivity contribution < 1.29 is 37.5 Å². The van der Waals surface area contributed by atoms with Gasteiger partial charge in [-0.3, -0.25) is 0 Å². The molecule has 1 N–H and O–H groups in total. The van der Waals surface area contributed by atoms with Crippen LogP contribution < -0.4 is 5.32 Å². The summed E-state index contributed by atoms with van der Waals surface area (Å²) in [4.78, 5) is 14.6. The van der Waals surface area contributed by atoms with Gasteiger partial charge in [0.2, 0.25) is 0 Å². The molecule has 0 aromatic rings. The van der Waals surface area contributed by atoms with Gasteiger partial charge >= 0.3 is 0 Å². The van der Waals surface area contributed by atoms with Crippen LogP contribution in [0.1, 0.15) is 12.8 Å². The van der Waals surface area contributed by atoms with Crippen molar-refractivity contribution in [3.05, 3.63) is 12.3 Å². The monoisotopic (exact) mass is 343 g/mol. The van der Waals surface area contributed by atoms with Crippen LogP contribution in [-0.4, -0.2) is 60.2 Å². The Bertz CT molecular complexity index is 303. The van der Waals surface area contributed by atoms with Crippen molar-refractivity contribution >= 4 is 19.0 Å². The van der Waals surface area contributed by atoms with Crippen LogP contribution in [0.4, 0.5) is 0 Å². The predicted octanol–water partition coefficient (Wildman–Crippen LogP) is 0.233. The van der Waals surface area contributed by atoms with Gasteiger partial charge in [0.05, 0.1) is 6.04 Å². The fraction of sp³-hybridized carbons (Fsp3) is 0.750. The van der Waals surface area contributed by atoms with Crippen LogP contribution in [0.5, 0.6) is 0 Å². The molecule has 18 heavy (non-hydrogen) atoms. The van der Waals surface area contributed by atoms with E-state index in [0.717, 1.165) is 51.3 Å². The molecule has 4 nitrogen and oxygen atoms in total. The molecule has 2 atom stereocenters. The van der Waals surface area contributed by atoms with Gasteiger partial charge in [-0.15, -0.1) is 0 Å². The van der Waals surface area contributed by atoms with Gasteiger partial charge in [-0.25, -0.2) is 0 Å². The smallest absolute Gasteiger partial charge is 0.0583 e. The summed E-state index contributed by atoms with van der Waals surface area (Å²) in [7, 11) is 0. The molecule has 2 fully saturated rings. The van der Waals surface area contributed by atoms with Crippen molar-refractivity contribution in [2.45, 2.75) is 24.1 Å². The molecule has 6 heteroatoms. The Labute approximate surface area is 140 Å². The van der Waals surface area contributed by atoms with Crippen molar-refractivity contribution in [3.63, 3.8) is 0 Å². The number of thiol groups is 1. The minimum Gasteiger partial charge on any atom is -0.520 e. The van der Waals surface area contributed by atoms with Gasteiger partial charge in [0, 0.05) is 63.3 Å². The van der Waals surface area contributed by atoms with Crippen molar-refractivity contribution in [1.29, 1.82) is 0 Å². The molecule has 0 bridgehead atoms. The number of amides is 1. The first kappa shape index (κ1) is 16.5. The average Bonchev–Trinajstić information content (AvgIpc) is 2.64. The summed E-state index contributed by atoms with van der Waals surface area (Å²) >= 11 is 4.59. The number of hydrogen-bond donors (Lipinski definition) is 2. The summed E-state index contributed by atoms with van der Waals surface area (Å²) in [5, 5.41) is 3.80. The molecule has 1 amide bonds. The molecular weight excluding hydrogens is 323 g/mol. The molecule has 1 radical (unpaired) electrons. The molecule has 2 rings (SSSR count). The van der Waals surface area contributed by atoms with Gasteiger partial charge < -0.3 is 19.9 Å². The van der Waals surface area contributed by atoms with Crippen LogP contribution in [-0.2, 0) is 37.5 Å². The maximum absolute atomic E-state index is 10.6. The number of nitrogens with zero attached hydrogens (tertiary/aromatic N) is 2. The molecule has 2 aliphatic rings.